The predicted molar refractivity (Wildman–Crippen MR) is 71.6 cm³/mol. The van der Waals surface area contributed by atoms with Gasteiger partial charge in [-0.1, -0.05) is 42.0 Å². The number of aliphatic hydroxyl groups is 1. The maximum absolute atomic E-state index is 14.1. The van der Waals surface area contributed by atoms with Gasteiger partial charge in [0, 0.05) is 0 Å². The van der Waals surface area contributed by atoms with Crippen LogP contribution in [-0.2, 0) is 5.60 Å². The Morgan fingerprint density at radius 3 is 1.87 bits per heavy atom. The Hall–Kier alpha value is -2.02. The van der Waals surface area contributed by atoms with Crippen molar-refractivity contribution in [2.24, 2.45) is 0 Å². The van der Waals surface area contributed by atoms with E-state index in [0.717, 1.165) is 12.1 Å². The molecule has 0 radical (unpaired) electrons. The van der Waals surface area contributed by atoms with Gasteiger partial charge < -0.3 is 5.11 Å². The number of rotatable bonds is 3. The molecule has 1 nitrogen and oxygen atoms in total. The quantitative estimate of drug-likeness (QED) is 0.816. The van der Waals surface area contributed by atoms with Gasteiger partial charge in [-0.15, -0.1) is 0 Å². The fourth-order valence-electron chi connectivity index (χ4n) is 2.30. The molecule has 0 aliphatic heterocycles. The molecule has 1 atom stereocenters. The van der Waals surface area contributed by atoms with E-state index in [0.29, 0.717) is 29.8 Å². The number of benzene rings is 2. The van der Waals surface area contributed by atoms with Crippen molar-refractivity contribution in [3.63, 3.8) is 0 Å². The first-order valence-electron chi connectivity index (χ1n) is 6.50. The van der Waals surface area contributed by atoms with Crippen molar-refractivity contribution in [2.45, 2.75) is 24.6 Å². The summed E-state index contributed by atoms with van der Waals surface area (Å²) in [5.41, 5.74) is -4.68. The van der Waals surface area contributed by atoms with Crippen molar-refractivity contribution < 1.29 is 31.4 Å². The fourth-order valence-corrected chi connectivity index (χ4v) is 2.30. The first kappa shape index (κ1) is 17.3. The highest BCUT2D eigenvalue weighted by Gasteiger charge is 2.71. The summed E-state index contributed by atoms with van der Waals surface area (Å²) in [7, 11) is 0. The van der Waals surface area contributed by atoms with Gasteiger partial charge in [-0.3, -0.25) is 0 Å². The van der Waals surface area contributed by atoms with E-state index in [-0.39, 0.29) is 0 Å². The molecule has 0 aliphatic carbocycles. The van der Waals surface area contributed by atoms with Crippen LogP contribution in [0.5, 0.6) is 0 Å². The van der Waals surface area contributed by atoms with Crippen LogP contribution in [0.1, 0.15) is 16.7 Å². The third-order valence-electron chi connectivity index (χ3n) is 3.51. The summed E-state index contributed by atoms with van der Waals surface area (Å²) in [6, 6.07) is 7.57. The molecule has 0 saturated heterocycles. The van der Waals surface area contributed by atoms with Crippen molar-refractivity contribution in [3.8, 4) is 0 Å². The van der Waals surface area contributed by atoms with Gasteiger partial charge in [-0.25, -0.2) is 4.39 Å². The van der Waals surface area contributed by atoms with Crippen molar-refractivity contribution in [1.82, 2.24) is 0 Å². The predicted octanol–water partition coefficient (Wildman–Crippen LogP) is 4.57. The molecule has 0 fully saturated rings. The minimum atomic E-state index is -6.00. The smallest absolute Gasteiger partial charge is 0.374 e. The Bertz CT molecular complexity index is 692. The normalized spacial score (nSPS) is 15.3. The van der Waals surface area contributed by atoms with Crippen LogP contribution in [0, 0.1) is 12.7 Å². The molecule has 2 aromatic rings. The molecular formula is C16H12F6O. The Balaban J connectivity index is 2.77. The minimum absolute atomic E-state index is 0.390. The SMILES string of the molecule is Cc1cccc(C(O)(c2ccc(F)cc2)C(F)(F)C(F)(F)F)c1. The zero-order chi connectivity index (χ0) is 17.5. The Morgan fingerprint density at radius 1 is 0.826 bits per heavy atom. The van der Waals surface area contributed by atoms with E-state index in [4.69, 9.17) is 0 Å². The molecule has 124 valence electrons. The molecular weight excluding hydrogens is 322 g/mol. The van der Waals surface area contributed by atoms with E-state index in [1.807, 2.05) is 0 Å². The monoisotopic (exact) mass is 334 g/mol. The number of aryl methyl sites for hydroxylation is 1. The second kappa shape index (κ2) is 5.56. The van der Waals surface area contributed by atoms with Gasteiger partial charge in [0.15, 0.2) is 5.60 Å². The summed E-state index contributed by atoms with van der Waals surface area (Å²) in [6.45, 7) is 1.49. The van der Waals surface area contributed by atoms with Gasteiger partial charge in [-0.2, -0.15) is 22.0 Å². The van der Waals surface area contributed by atoms with E-state index < -0.39 is 34.6 Å². The number of hydrogen-bond acceptors (Lipinski definition) is 1. The molecule has 0 heterocycles. The first-order chi connectivity index (χ1) is 10.5. The lowest BCUT2D eigenvalue weighted by Gasteiger charge is -2.37. The lowest BCUT2D eigenvalue weighted by Crippen LogP contribution is -2.55. The van der Waals surface area contributed by atoms with Crippen LogP contribution in [0.2, 0.25) is 0 Å². The molecule has 0 saturated carbocycles. The van der Waals surface area contributed by atoms with Crippen LogP contribution < -0.4 is 0 Å². The van der Waals surface area contributed by atoms with Gasteiger partial charge in [0.25, 0.3) is 0 Å². The number of halogens is 6. The Morgan fingerprint density at radius 2 is 1.39 bits per heavy atom. The molecule has 0 amide bonds. The molecule has 0 bridgehead atoms. The minimum Gasteiger partial charge on any atom is -0.374 e. The lowest BCUT2D eigenvalue weighted by molar-refractivity contribution is -0.336. The van der Waals surface area contributed by atoms with E-state index in [1.165, 1.54) is 19.1 Å². The molecule has 2 rings (SSSR count). The van der Waals surface area contributed by atoms with Gasteiger partial charge in [0.2, 0.25) is 0 Å². The van der Waals surface area contributed by atoms with Crippen LogP contribution in [-0.4, -0.2) is 17.2 Å². The molecule has 1 N–H and O–H groups in total. The van der Waals surface area contributed by atoms with Gasteiger partial charge in [-0.05, 0) is 30.2 Å². The van der Waals surface area contributed by atoms with Crippen LogP contribution >= 0.6 is 0 Å². The third kappa shape index (κ3) is 2.81. The fraction of sp³-hybridized carbons (Fsp3) is 0.250. The zero-order valence-electron chi connectivity index (χ0n) is 11.8. The highest BCUT2D eigenvalue weighted by atomic mass is 19.4. The van der Waals surface area contributed by atoms with Gasteiger partial charge in [0.05, 0.1) is 0 Å². The summed E-state index contributed by atoms with van der Waals surface area (Å²) < 4.78 is 79.9. The molecule has 1 unspecified atom stereocenters. The summed E-state index contributed by atoms with van der Waals surface area (Å²) in [6.07, 6.45) is -6.00. The maximum Gasteiger partial charge on any atom is 0.457 e. The van der Waals surface area contributed by atoms with E-state index in [1.54, 1.807) is 0 Å². The van der Waals surface area contributed by atoms with Crippen molar-refractivity contribution >= 4 is 0 Å². The van der Waals surface area contributed by atoms with E-state index >= 15 is 0 Å². The highest BCUT2D eigenvalue weighted by molar-refractivity contribution is 5.41. The third-order valence-corrected chi connectivity index (χ3v) is 3.51. The van der Waals surface area contributed by atoms with E-state index in [2.05, 4.69) is 0 Å². The van der Waals surface area contributed by atoms with Crippen LogP contribution in [0.15, 0.2) is 48.5 Å². The summed E-state index contributed by atoms with van der Waals surface area (Å²) in [5, 5.41) is 10.4. The lowest BCUT2D eigenvalue weighted by atomic mass is 9.80. The van der Waals surface area contributed by atoms with Crippen LogP contribution in [0.3, 0.4) is 0 Å². The first-order valence-corrected chi connectivity index (χ1v) is 6.50. The average molecular weight is 334 g/mol. The second-order valence-corrected chi connectivity index (χ2v) is 5.16. The van der Waals surface area contributed by atoms with Crippen molar-refractivity contribution in [1.29, 1.82) is 0 Å². The van der Waals surface area contributed by atoms with E-state index in [9.17, 15) is 31.4 Å². The molecule has 0 aliphatic rings. The highest BCUT2D eigenvalue weighted by Crippen LogP contribution is 2.51. The van der Waals surface area contributed by atoms with Gasteiger partial charge in [0.1, 0.15) is 5.82 Å². The number of hydrogen-bond donors (Lipinski definition) is 1. The summed E-state index contributed by atoms with van der Waals surface area (Å²) in [5.74, 6) is -6.30. The van der Waals surface area contributed by atoms with Crippen molar-refractivity contribution in [2.75, 3.05) is 0 Å². The molecule has 7 heteroatoms. The standard InChI is InChI=1S/C16H12F6O/c1-10-3-2-4-12(9-10)14(23,15(18,19)16(20,21)22)11-5-7-13(17)8-6-11/h2-9,23H,1H3. The summed E-state index contributed by atoms with van der Waals surface area (Å²) in [4.78, 5) is 0. The molecule has 23 heavy (non-hydrogen) atoms. The summed E-state index contributed by atoms with van der Waals surface area (Å²) >= 11 is 0. The zero-order valence-corrected chi connectivity index (χ0v) is 11.8. The molecule has 2 aromatic carbocycles. The largest absolute Gasteiger partial charge is 0.457 e. The number of alkyl halides is 5. The van der Waals surface area contributed by atoms with Crippen molar-refractivity contribution in [3.05, 3.63) is 71.0 Å². The Labute approximate surface area is 128 Å². The van der Waals surface area contributed by atoms with Gasteiger partial charge >= 0.3 is 12.1 Å². The average Bonchev–Trinajstić information content (AvgIpc) is 2.45. The topological polar surface area (TPSA) is 20.2 Å². The molecule has 0 spiro atoms. The second-order valence-electron chi connectivity index (χ2n) is 5.16. The Kier molecular flexibility index (Phi) is 4.19. The molecule has 0 aromatic heterocycles. The maximum atomic E-state index is 14.1. The van der Waals surface area contributed by atoms with Crippen LogP contribution in [0.25, 0.3) is 0 Å². The van der Waals surface area contributed by atoms with Crippen LogP contribution in [0.4, 0.5) is 26.3 Å².